The molecule has 2 aromatic heterocycles. The molecule has 1 amide bonds. The summed E-state index contributed by atoms with van der Waals surface area (Å²) < 4.78 is 34.1. The summed E-state index contributed by atoms with van der Waals surface area (Å²) >= 11 is 7.16. The number of pyridine rings is 1. The molecule has 0 aliphatic heterocycles. The van der Waals surface area contributed by atoms with Crippen molar-refractivity contribution in [3.8, 4) is 0 Å². The number of rotatable bonds is 5. The van der Waals surface area contributed by atoms with Crippen LogP contribution >= 0.6 is 22.9 Å². The Morgan fingerprint density at radius 2 is 2.22 bits per heavy atom. The van der Waals surface area contributed by atoms with E-state index in [9.17, 15) is 13.6 Å². The summed E-state index contributed by atoms with van der Waals surface area (Å²) in [7, 11) is 3.28. The van der Waals surface area contributed by atoms with E-state index in [0.29, 0.717) is 20.4 Å². The number of aromatic nitrogens is 2. The van der Waals surface area contributed by atoms with Crippen molar-refractivity contribution >= 4 is 45.5 Å². The van der Waals surface area contributed by atoms with Gasteiger partial charge in [0.2, 0.25) is 0 Å². The first kappa shape index (κ1) is 19.4. The first-order valence-corrected chi connectivity index (χ1v) is 9.11. The molecule has 1 aliphatic rings. The van der Waals surface area contributed by atoms with E-state index in [1.807, 2.05) is 0 Å². The van der Waals surface area contributed by atoms with Gasteiger partial charge < -0.3 is 9.64 Å². The lowest BCUT2D eigenvalue weighted by Gasteiger charge is -2.16. The minimum absolute atomic E-state index is 0.0147. The Labute approximate surface area is 162 Å². The lowest BCUT2D eigenvalue weighted by Crippen LogP contribution is -2.14. The molecule has 0 saturated carbocycles. The second-order valence-electron chi connectivity index (χ2n) is 5.90. The van der Waals surface area contributed by atoms with Crippen LogP contribution in [-0.2, 0) is 16.1 Å². The molecule has 3 rings (SSSR count). The van der Waals surface area contributed by atoms with E-state index in [4.69, 9.17) is 16.3 Å². The fourth-order valence-corrected chi connectivity index (χ4v) is 3.30. The zero-order valence-corrected chi connectivity index (χ0v) is 16.1. The first-order valence-electron chi connectivity index (χ1n) is 7.91. The summed E-state index contributed by atoms with van der Waals surface area (Å²) in [6.45, 7) is -0.0224. The Hall–Kier alpha value is -2.39. The Bertz CT molecular complexity index is 984. The van der Waals surface area contributed by atoms with Gasteiger partial charge in [-0.05, 0) is 6.07 Å². The molecule has 27 heavy (non-hydrogen) atoms. The van der Waals surface area contributed by atoms with E-state index in [2.05, 4.69) is 15.0 Å². The number of ether oxygens (including phenoxy) is 1. The Morgan fingerprint density at radius 1 is 1.44 bits per heavy atom. The number of allylic oxidation sites excluding steroid dienone is 2. The van der Waals surface area contributed by atoms with Crippen LogP contribution in [-0.4, -0.2) is 41.2 Å². The number of hydrogen-bond donors (Lipinski definition) is 0. The summed E-state index contributed by atoms with van der Waals surface area (Å²) in [5.41, 5.74) is -0.0730. The number of amides is 1. The van der Waals surface area contributed by atoms with Gasteiger partial charge in [0.05, 0.1) is 11.4 Å². The average molecular weight is 413 g/mol. The van der Waals surface area contributed by atoms with Crippen molar-refractivity contribution in [3.63, 3.8) is 0 Å². The quantitative estimate of drug-likeness (QED) is 0.544. The Balaban J connectivity index is 1.77. The van der Waals surface area contributed by atoms with Crippen molar-refractivity contribution in [3.05, 3.63) is 45.3 Å². The molecule has 1 aliphatic carbocycles. The highest BCUT2D eigenvalue weighted by Gasteiger charge is 2.29. The van der Waals surface area contributed by atoms with Gasteiger partial charge in [0.1, 0.15) is 39.1 Å². The minimum atomic E-state index is -1.03. The second-order valence-corrected chi connectivity index (χ2v) is 7.40. The van der Waals surface area contributed by atoms with Crippen molar-refractivity contribution < 1.29 is 18.3 Å². The van der Waals surface area contributed by atoms with Crippen molar-refractivity contribution in [1.29, 1.82) is 0 Å². The SMILES string of the molecule is CN(C)C=NC(=O)C1=C(F)CCC(OCc2nc3cc(Cl)cnc3s2)=C1F. The van der Waals surface area contributed by atoms with E-state index in [0.717, 1.165) is 0 Å². The van der Waals surface area contributed by atoms with Gasteiger partial charge in [-0.25, -0.2) is 18.7 Å². The van der Waals surface area contributed by atoms with Gasteiger partial charge >= 0.3 is 0 Å². The molecular formula is C17H15ClF2N4O2S. The summed E-state index contributed by atoms with van der Waals surface area (Å²) in [5.74, 6) is -2.94. The number of aliphatic imine (C=N–C) groups is 1. The predicted octanol–water partition coefficient (Wildman–Crippen LogP) is 4.18. The molecular weight excluding hydrogens is 398 g/mol. The monoisotopic (exact) mass is 412 g/mol. The Morgan fingerprint density at radius 3 is 2.96 bits per heavy atom. The maximum absolute atomic E-state index is 14.6. The van der Waals surface area contributed by atoms with E-state index in [1.54, 1.807) is 20.2 Å². The smallest absolute Gasteiger partial charge is 0.284 e. The van der Waals surface area contributed by atoms with Gasteiger partial charge in [-0.15, -0.1) is 0 Å². The molecule has 10 heteroatoms. The molecule has 142 valence electrons. The maximum atomic E-state index is 14.6. The van der Waals surface area contributed by atoms with Crippen LogP contribution in [0.15, 0.2) is 40.2 Å². The van der Waals surface area contributed by atoms with Gasteiger partial charge in [0, 0.05) is 33.1 Å². The van der Waals surface area contributed by atoms with Gasteiger partial charge in [-0.3, -0.25) is 4.79 Å². The summed E-state index contributed by atoms with van der Waals surface area (Å²) in [5, 5.41) is 1.02. The van der Waals surface area contributed by atoms with Crippen molar-refractivity contribution in [2.75, 3.05) is 14.1 Å². The van der Waals surface area contributed by atoms with E-state index in [1.165, 1.54) is 28.8 Å². The fraction of sp³-hybridized carbons (Fsp3) is 0.294. The topological polar surface area (TPSA) is 67.7 Å². The van der Waals surface area contributed by atoms with Crippen LogP contribution in [0.3, 0.4) is 0 Å². The molecule has 0 radical (unpaired) electrons. The first-order chi connectivity index (χ1) is 12.8. The fourth-order valence-electron chi connectivity index (χ4n) is 2.35. The van der Waals surface area contributed by atoms with Gasteiger partial charge in [-0.1, -0.05) is 22.9 Å². The Kier molecular flexibility index (Phi) is 5.81. The predicted molar refractivity (Wildman–Crippen MR) is 99.9 cm³/mol. The number of halogens is 3. The van der Waals surface area contributed by atoms with Crippen LogP contribution < -0.4 is 0 Å². The van der Waals surface area contributed by atoms with Gasteiger partial charge in [-0.2, -0.15) is 4.99 Å². The summed E-state index contributed by atoms with van der Waals surface area (Å²) in [4.78, 5) is 26.2. The maximum Gasteiger partial charge on any atom is 0.284 e. The third-order valence-corrected chi connectivity index (χ3v) is 4.71. The number of hydrogen-bond acceptors (Lipinski definition) is 5. The number of carbonyl (C=O) groups is 1. The second kappa shape index (κ2) is 8.10. The number of nitrogens with zero attached hydrogens (tertiary/aromatic N) is 4. The van der Waals surface area contributed by atoms with Gasteiger partial charge in [0.25, 0.3) is 5.91 Å². The van der Waals surface area contributed by atoms with Crippen LogP contribution in [0, 0.1) is 0 Å². The number of fused-ring (bicyclic) bond motifs is 1. The van der Waals surface area contributed by atoms with Crippen LogP contribution in [0.2, 0.25) is 5.02 Å². The molecule has 0 fully saturated rings. The summed E-state index contributed by atoms with van der Waals surface area (Å²) in [6.07, 6.45) is 2.58. The van der Waals surface area contributed by atoms with Crippen LogP contribution in [0.25, 0.3) is 10.3 Å². The highest BCUT2D eigenvalue weighted by atomic mass is 35.5. The zero-order chi connectivity index (χ0) is 19.6. The lowest BCUT2D eigenvalue weighted by atomic mass is 10.0. The number of carbonyl (C=O) groups excluding carboxylic acids is 1. The molecule has 0 aromatic carbocycles. The van der Waals surface area contributed by atoms with Crippen LogP contribution in [0.4, 0.5) is 8.78 Å². The highest BCUT2D eigenvalue weighted by molar-refractivity contribution is 7.18. The third kappa shape index (κ3) is 4.48. The molecule has 0 N–H and O–H groups in total. The standard InChI is InChI=1S/C17H15ClF2N4O2S/c1-24(2)8-22-16(25)14-10(19)3-4-12(15(14)20)26-7-13-23-11-5-9(18)6-21-17(11)27-13/h5-6,8H,3-4,7H2,1-2H3. The third-order valence-electron chi connectivity index (χ3n) is 3.56. The van der Waals surface area contributed by atoms with Crippen molar-refractivity contribution in [1.82, 2.24) is 14.9 Å². The molecule has 0 unspecified atom stereocenters. The minimum Gasteiger partial charge on any atom is -0.488 e. The molecule has 0 bridgehead atoms. The lowest BCUT2D eigenvalue weighted by molar-refractivity contribution is -0.114. The zero-order valence-electron chi connectivity index (χ0n) is 14.5. The molecule has 2 heterocycles. The van der Waals surface area contributed by atoms with E-state index < -0.39 is 23.1 Å². The van der Waals surface area contributed by atoms with E-state index in [-0.39, 0.29) is 25.2 Å². The van der Waals surface area contributed by atoms with Gasteiger partial charge in [0.15, 0.2) is 5.83 Å². The normalized spacial score (nSPS) is 15.1. The van der Waals surface area contributed by atoms with Crippen LogP contribution in [0.1, 0.15) is 17.8 Å². The largest absolute Gasteiger partial charge is 0.488 e. The molecule has 6 nitrogen and oxygen atoms in total. The molecule has 0 saturated heterocycles. The van der Waals surface area contributed by atoms with E-state index >= 15 is 0 Å². The highest BCUT2D eigenvalue weighted by Crippen LogP contribution is 2.34. The molecule has 0 spiro atoms. The van der Waals surface area contributed by atoms with Crippen LogP contribution in [0.5, 0.6) is 0 Å². The number of thiazole rings is 1. The van der Waals surface area contributed by atoms with Crippen molar-refractivity contribution in [2.45, 2.75) is 19.4 Å². The average Bonchev–Trinajstić information content (AvgIpc) is 3.01. The molecule has 0 atom stereocenters. The van der Waals surface area contributed by atoms with Crippen molar-refractivity contribution in [2.24, 2.45) is 4.99 Å². The molecule has 2 aromatic rings. The summed E-state index contributed by atoms with van der Waals surface area (Å²) in [6, 6.07) is 1.67.